The van der Waals surface area contributed by atoms with E-state index in [0.717, 1.165) is 6.42 Å². The molecule has 1 heterocycles. The van der Waals surface area contributed by atoms with Crippen LogP contribution < -0.4 is 11.5 Å². The summed E-state index contributed by atoms with van der Waals surface area (Å²) >= 11 is 0. The molecule has 7 nitrogen and oxygen atoms in total. The fraction of sp³-hybridized carbons (Fsp3) is 0.462. The molecule has 1 saturated heterocycles. The highest BCUT2D eigenvalue weighted by Gasteiger charge is 2.30. The molecule has 0 aromatic heterocycles. The Balaban J connectivity index is 0.00000220. The molecule has 1 aromatic carbocycles. The summed E-state index contributed by atoms with van der Waals surface area (Å²) < 4.78 is 0. The average molecular weight is 315 g/mol. The van der Waals surface area contributed by atoms with Crippen molar-refractivity contribution in [1.29, 1.82) is 0 Å². The zero-order chi connectivity index (χ0) is 14.9. The van der Waals surface area contributed by atoms with Crippen molar-refractivity contribution in [3.05, 3.63) is 33.9 Å². The summed E-state index contributed by atoms with van der Waals surface area (Å²) in [7, 11) is 0. The van der Waals surface area contributed by atoms with Gasteiger partial charge in [-0.05, 0) is 25.3 Å². The number of benzene rings is 1. The summed E-state index contributed by atoms with van der Waals surface area (Å²) in [5.41, 5.74) is 11.9. The Morgan fingerprint density at radius 1 is 1.52 bits per heavy atom. The number of anilines is 1. The zero-order valence-corrected chi connectivity index (χ0v) is 12.5. The number of non-ortho nitro benzene ring substituents is 1. The topological polar surface area (TPSA) is 115 Å². The lowest BCUT2D eigenvalue weighted by molar-refractivity contribution is -0.384. The van der Waals surface area contributed by atoms with Crippen molar-refractivity contribution in [1.82, 2.24) is 4.90 Å². The van der Waals surface area contributed by atoms with Gasteiger partial charge in [0.1, 0.15) is 0 Å². The van der Waals surface area contributed by atoms with Crippen LogP contribution in [0.25, 0.3) is 0 Å². The van der Waals surface area contributed by atoms with Crippen LogP contribution in [0.1, 0.15) is 23.7 Å². The van der Waals surface area contributed by atoms with Crippen LogP contribution in [0.3, 0.4) is 0 Å². The summed E-state index contributed by atoms with van der Waals surface area (Å²) in [6.07, 6.45) is 0.845. The first-order chi connectivity index (χ1) is 9.40. The minimum atomic E-state index is -0.537. The summed E-state index contributed by atoms with van der Waals surface area (Å²) in [4.78, 5) is 24.3. The number of hydrogen-bond donors (Lipinski definition) is 2. The molecule has 2 unspecified atom stereocenters. The fourth-order valence-electron chi connectivity index (χ4n) is 2.41. The van der Waals surface area contributed by atoms with E-state index < -0.39 is 4.92 Å². The number of nitrogens with two attached hydrogens (primary N) is 2. The number of nitrogens with zero attached hydrogens (tertiary/aromatic N) is 2. The van der Waals surface area contributed by atoms with Crippen LogP contribution >= 0.6 is 12.4 Å². The van der Waals surface area contributed by atoms with Crippen molar-refractivity contribution in [2.75, 3.05) is 18.8 Å². The lowest BCUT2D eigenvalue weighted by Crippen LogP contribution is -2.33. The number of hydrogen-bond acceptors (Lipinski definition) is 5. The normalized spacial score (nSPS) is 19.0. The smallest absolute Gasteiger partial charge is 0.270 e. The second kappa shape index (κ2) is 6.73. The molecular weight excluding hydrogens is 296 g/mol. The van der Waals surface area contributed by atoms with Crippen molar-refractivity contribution in [2.24, 2.45) is 11.7 Å². The van der Waals surface area contributed by atoms with Crippen LogP contribution in [0, 0.1) is 16.0 Å². The van der Waals surface area contributed by atoms with E-state index in [0.29, 0.717) is 13.1 Å². The summed E-state index contributed by atoms with van der Waals surface area (Å²) in [6.45, 7) is 3.09. The summed E-state index contributed by atoms with van der Waals surface area (Å²) in [5, 5.41) is 10.8. The van der Waals surface area contributed by atoms with E-state index in [1.54, 1.807) is 4.90 Å². The van der Waals surface area contributed by atoms with Gasteiger partial charge in [-0.3, -0.25) is 14.9 Å². The number of nitrogen functional groups attached to an aromatic ring is 1. The molecule has 4 N–H and O–H groups in total. The van der Waals surface area contributed by atoms with Crippen molar-refractivity contribution < 1.29 is 9.72 Å². The van der Waals surface area contributed by atoms with Gasteiger partial charge in [0.2, 0.25) is 0 Å². The molecule has 0 saturated carbocycles. The molecule has 1 aliphatic rings. The number of carbonyl (C=O) groups is 1. The van der Waals surface area contributed by atoms with E-state index in [-0.39, 0.29) is 47.2 Å². The van der Waals surface area contributed by atoms with E-state index in [2.05, 4.69) is 0 Å². The number of amides is 1. The molecule has 8 heteroatoms. The predicted octanol–water partition coefficient (Wildman–Crippen LogP) is 1.41. The van der Waals surface area contributed by atoms with Crippen molar-refractivity contribution in [3.8, 4) is 0 Å². The molecule has 0 radical (unpaired) electrons. The van der Waals surface area contributed by atoms with Gasteiger partial charge in [0.15, 0.2) is 0 Å². The molecule has 0 aliphatic carbocycles. The molecule has 21 heavy (non-hydrogen) atoms. The van der Waals surface area contributed by atoms with Gasteiger partial charge in [-0.2, -0.15) is 0 Å². The number of likely N-dealkylation sites (tertiary alicyclic amines) is 1. The Morgan fingerprint density at radius 3 is 2.71 bits per heavy atom. The zero-order valence-electron chi connectivity index (χ0n) is 11.7. The summed E-state index contributed by atoms with van der Waals surface area (Å²) in [5.74, 6) is -0.00628. The van der Waals surface area contributed by atoms with Crippen LogP contribution in [-0.2, 0) is 0 Å². The maximum atomic E-state index is 12.4. The number of halogens is 1. The number of rotatable bonds is 3. The van der Waals surface area contributed by atoms with Gasteiger partial charge in [-0.25, -0.2) is 0 Å². The van der Waals surface area contributed by atoms with Gasteiger partial charge in [0.25, 0.3) is 11.6 Å². The van der Waals surface area contributed by atoms with Crippen molar-refractivity contribution >= 4 is 29.7 Å². The van der Waals surface area contributed by atoms with Crippen LogP contribution in [0.2, 0.25) is 0 Å². The third-order valence-corrected chi connectivity index (χ3v) is 3.73. The van der Waals surface area contributed by atoms with Crippen LogP contribution in [-0.4, -0.2) is 34.9 Å². The molecule has 2 atom stereocenters. The molecule has 2 rings (SSSR count). The SMILES string of the molecule is CC(N)C1CCN(C(=O)c2cc([N+](=O)[O-])ccc2N)C1.Cl. The largest absolute Gasteiger partial charge is 0.398 e. The molecule has 116 valence electrons. The Bertz CT molecular complexity index is 550. The molecule has 1 fully saturated rings. The first kappa shape index (κ1) is 17.2. The van der Waals surface area contributed by atoms with Crippen molar-refractivity contribution in [2.45, 2.75) is 19.4 Å². The maximum Gasteiger partial charge on any atom is 0.270 e. The van der Waals surface area contributed by atoms with Gasteiger partial charge in [-0.15, -0.1) is 12.4 Å². The number of nitro groups is 1. The second-order valence-electron chi connectivity index (χ2n) is 5.19. The quantitative estimate of drug-likeness (QED) is 0.497. The van der Waals surface area contributed by atoms with Gasteiger partial charge in [-0.1, -0.05) is 0 Å². The Hall–Kier alpha value is -1.86. The third kappa shape index (κ3) is 3.62. The minimum Gasteiger partial charge on any atom is -0.398 e. The maximum absolute atomic E-state index is 12.4. The average Bonchev–Trinajstić information content (AvgIpc) is 2.88. The molecule has 1 aromatic rings. The van der Waals surface area contributed by atoms with Gasteiger partial charge in [0.05, 0.1) is 10.5 Å². The lowest BCUT2D eigenvalue weighted by atomic mass is 10.0. The first-order valence-electron chi connectivity index (χ1n) is 6.49. The van der Waals surface area contributed by atoms with E-state index in [9.17, 15) is 14.9 Å². The molecule has 0 spiro atoms. The Morgan fingerprint density at radius 2 is 2.19 bits per heavy atom. The molecule has 0 bridgehead atoms. The first-order valence-corrected chi connectivity index (χ1v) is 6.49. The van der Waals surface area contributed by atoms with E-state index in [1.807, 2.05) is 6.92 Å². The third-order valence-electron chi connectivity index (χ3n) is 3.73. The Labute approximate surface area is 128 Å². The predicted molar refractivity (Wildman–Crippen MR) is 82.4 cm³/mol. The van der Waals surface area contributed by atoms with Gasteiger partial charge in [0, 0.05) is 37.0 Å². The molecule has 1 amide bonds. The monoisotopic (exact) mass is 314 g/mol. The van der Waals surface area contributed by atoms with Gasteiger partial charge >= 0.3 is 0 Å². The highest BCUT2D eigenvalue weighted by atomic mass is 35.5. The van der Waals surface area contributed by atoms with E-state index in [4.69, 9.17) is 11.5 Å². The highest BCUT2D eigenvalue weighted by molar-refractivity contribution is 6.00. The van der Waals surface area contributed by atoms with Crippen molar-refractivity contribution in [3.63, 3.8) is 0 Å². The van der Waals surface area contributed by atoms with Crippen LogP contribution in [0.4, 0.5) is 11.4 Å². The lowest BCUT2D eigenvalue weighted by Gasteiger charge is -2.18. The van der Waals surface area contributed by atoms with E-state index in [1.165, 1.54) is 18.2 Å². The van der Waals surface area contributed by atoms with Crippen LogP contribution in [0.5, 0.6) is 0 Å². The standard InChI is InChI=1S/C13H18N4O3.ClH/c1-8(14)9-4-5-16(7-9)13(18)11-6-10(17(19)20)2-3-12(11)15;/h2-3,6,8-9H,4-5,7,14-15H2,1H3;1H. The Kier molecular flexibility index (Phi) is 5.51. The second-order valence-corrected chi connectivity index (χ2v) is 5.19. The summed E-state index contributed by atoms with van der Waals surface area (Å²) in [6, 6.07) is 3.94. The molecular formula is C13H19ClN4O3. The minimum absolute atomic E-state index is 0. The fourth-order valence-corrected chi connectivity index (χ4v) is 2.41. The molecule has 1 aliphatic heterocycles. The van der Waals surface area contributed by atoms with Crippen LogP contribution in [0.15, 0.2) is 18.2 Å². The van der Waals surface area contributed by atoms with Gasteiger partial charge < -0.3 is 16.4 Å². The highest BCUT2D eigenvalue weighted by Crippen LogP contribution is 2.25. The number of nitro benzene ring substituents is 1. The van der Waals surface area contributed by atoms with E-state index >= 15 is 0 Å². The number of carbonyl (C=O) groups excluding carboxylic acids is 1.